The molecule has 3 heteroatoms. The molecule has 0 radical (unpaired) electrons. The maximum absolute atomic E-state index is 10.8. The van der Waals surface area contributed by atoms with Gasteiger partial charge in [-0.05, 0) is 30.9 Å². The largest absolute Gasteiger partial charge is 0.480 e. The summed E-state index contributed by atoms with van der Waals surface area (Å²) in [6.07, 6.45) is 1.99. The van der Waals surface area contributed by atoms with Gasteiger partial charge < -0.3 is 5.11 Å². The number of rotatable bonds is 8. The number of aliphatic carboxylic acids is 1. The maximum Gasteiger partial charge on any atom is 0.317 e. The van der Waals surface area contributed by atoms with Crippen molar-refractivity contribution in [3.05, 3.63) is 35.9 Å². The van der Waals surface area contributed by atoms with Gasteiger partial charge in [0.05, 0.1) is 6.54 Å². The first kappa shape index (κ1) is 14.7. The normalized spacial score (nSPS) is 12.6. The van der Waals surface area contributed by atoms with Gasteiger partial charge >= 0.3 is 5.97 Å². The first-order valence-corrected chi connectivity index (χ1v) is 6.60. The highest BCUT2D eigenvalue weighted by molar-refractivity contribution is 5.69. The van der Waals surface area contributed by atoms with Crippen molar-refractivity contribution in [2.24, 2.45) is 5.92 Å². The van der Waals surface area contributed by atoms with E-state index < -0.39 is 5.97 Å². The number of carboxylic acids is 1. The van der Waals surface area contributed by atoms with Crippen LogP contribution in [0.2, 0.25) is 0 Å². The summed E-state index contributed by atoms with van der Waals surface area (Å²) in [6, 6.07) is 10.4. The second-order valence-electron chi connectivity index (χ2n) is 4.92. The van der Waals surface area contributed by atoms with Crippen molar-refractivity contribution in [2.75, 3.05) is 19.6 Å². The molecule has 1 unspecified atom stereocenters. The van der Waals surface area contributed by atoms with E-state index in [4.69, 9.17) is 5.11 Å². The van der Waals surface area contributed by atoms with Crippen LogP contribution in [0.5, 0.6) is 0 Å². The van der Waals surface area contributed by atoms with Gasteiger partial charge in [0.2, 0.25) is 0 Å². The van der Waals surface area contributed by atoms with E-state index in [2.05, 4.69) is 26.0 Å². The fraction of sp³-hybridized carbons (Fsp3) is 0.533. The van der Waals surface area contributed by atoms with Crippen LogP contribution < -0.4 is 0 Å². The van der Waals surface area contributed by atoms with Crippen LogP contribution in [-0.2, 0) is 11.2 Å². The number of benzene rings is 1. The molecule has 0 spiro atoms. The molecule has 0 aromatic heterocycles. The van der Waals surface area contributed by atoms with Gasteiger partial charge in [-0.2, -0.15) is 0 Å². The average Bonchev–Trinajstić information content (AvgIpc) is 2.29. The van der Waals surface area contributed by atoms with E-state index in [1.807, 2.05) is 23.1 Å². The Morgan fingerprint density at radius 3 is 2.56 bits per heavy atom. The van der Waals surface area contributed by atoms with E-state index in [9.17, 15) is 4.79 Å². The van der Waals surface area contributed by atoms with Crippen LogP contribution in [0.3, 0.4) is 0 Å². The van der Waals surface area contributed by atoms with Gasteiger partial charge in [-0.3, -0.25) is 9.69 Å². The van der Waals surface area contributed by atoms with Gasteiger partial charge in [-0.25, -0.2) is 0 Å². The Morgan fingerprint density at radius 2 is 2.00 bits per heavy atom. The molecule has 0 fully saturated rings. The van der Waals surface area contributed by atoms with Gasteiger partial charge in [-0.15, -0.1) is 0 Å². The lowest BCUT2D eigenvalue weighted by Crippen LogP contribution is -2.34. The van der Waals surface area contributed by atoms with Gasteiger partial charge in [0.25, 0.3) is 0 Å². The van der Waals surface area contributed by atoms with Crippen molar-refractivity contribution in [1.82, 2.24) is 4.90 Å². The number of carbonyl (C=O) groups is 1. The highest BCUT2D eigenvalue weighted by Gasteiger charge is 2.13. The fourth-order valence-electron chi connectivity index (χ4n) is 2.26. The number of carboxylic acid groups (broad SMARTS) is 1. The fourth-order valence-corrected chi connectivity index (χ4v) is 2.26. The Bertz CT molecular complexity index is 351. The summed E-state index contributed by atoms with van der Waals surface area (Å²) in [7, 11) is 0. The Kier molecular flexibility index (Phi) is 6.44. The lowest BCUT2D eigenvalue weighted by molar-refractivity contribution is -0.138. The molecule has 1 atom stereocenters. The molecule has 1 aromatic rings. The minimum atomic E-state index is -0.740. The summed E-state index contributed by atoms with van der Waals surface area (Å²) in [5.74, 6) is -0.270. The van der Waals surface area contributed by atoms with Crippen LogP contribution >= 0.6 is 0 Å². The highest BCUT2D eigenvalue weighted by Crippen LogP contribution is 2.10. The SMILES string of the molecule is CCCN(CC(=O)O)CC(C)Cc1ccccc1. The molecule has 0 aliphatic heterocycles. The third kappa shape index (κ3) is 5.82. The zero-order chi connectivity index (χ0) is 13.4. The lowest BCUT2D eigenvalue weighted by atomic mass is 10.0. The summed E-state index contributed by atoms with van der Waals surface area (Å²) >= 11 is 0. The standard InChI is InChI=1S/C15H23NO2/c1-3-9-16(12-15(17)18)11-13(2)10-14-7-5-4-6-8-14/h4-8,13H,3,9-12H2,1-2H3,(H,17,18). The van der Waals surface area contributed by atoms with Crippen molar-refractivity contribution in [3.63, 3.8) is 0 Å². The molecule has 100 valence electrons. The summed E-state index contributed by atoms with van der Waals surface area (Å²) in [6.45, 7) is 6.10. The molecule has 18 heavy (non-hydrogen) atoms. The van der Waals surface area contributed by atoms with E-state index in [1.54, 1.807) is 0 Å². The van der Waals surface area contributed by atoms with E-state index in [0.29, 0.717) is 5.92 Å². The zero-order valence-electron chi connectivity index (χ0n) is 11.3. The lowest BCUT2D eigenvalue weighted by Gasteiger charge is -2.23. The molecule has 0 heterocycles. The number of hydrogen-bond acceptors (Lipinski definition) is 2. The van der Waals surface area contributed by atoms with Crippen LogP contribution in [0.15, 0.2) is 30.3 Å². The monoisotopic (exact) mass is 249 g/mol. The second-order valence-corrected chi connectivity index (χ2v) is 4.92. The molecule has 3 nitrogen and oxygen atoms in total. The van der Waals surface area contributed by atoms with Crippen LogP contribution in [-0.4, -0.2) is 35.6 Å². The Balaban J connectivity index is 2.45. The Morgan fingerprint density at radius 1 is 1.33 bits per heavy atom. The maximum atomic E-state index is 10.8. The first-order chi connectivity index (χ1) is 8.61. The van der Waals surface area contributed by atoms with Gasteiger partial charge in [0.1, 0.15) is 0 Å². The molecule has 0 aliphatic carbocycles. The van der Waals surface area contributed by atoms with Crippen LogP contribution in [0.25, 0.3) is 0 Å². The molecule has 0 saturated heterocycles. The molecule has 1 aromatic carbocycles. The van der Waals surface area contributed by atoms with Crippen molar-refractivity contribution in [3.8, 4) is 0 Å². The van der Waals surface area contributed by atoms with Crippen molar-refractivity contribution < 1.29 is 9.90 Å². The quantitative estimate of drug-likeness (QED) is 0.770. The van der Waals surface area contributed by atoms with Crippen molar-refractivity contribution in [1.29, 1.82) is 0 Å². The zero-order valence-corrected chi connectivity index (χ0v) is 11.3. The molecule has 1 N–H and O–H groups in total. The van der Waals surface area contributed by atoms with Gasteiger partial charge in [0.15, 0.2) is 0 Å². The number of nitrogens with zero attached hydrogens (tertiary/aromatic N) is 1. The van der Waals surface area contributed by atoms with Gasteiger partial charge in [-0.1, -0.05) is 44.2 Å². The molecular weight excluding hydrogens is 226 g/mol. The molecule has 0 amide bonds. The molecule has 0 saturated carbocycles. The predicted octanol–water partition coefficient (Wildman–Crippen LogP) is 2.66. The third-order valence-corrected chi connectivity index (χ3v) is 2.90. The topological polar surface area (TPSA) is 40.5 Å². The summed E-state index contributed by atoms with van der Waals surface area (Å²) in [5.41, 5.74) is 1.32. The predicted molar refractivity (Wildman–Crippen MR) is 73.7 cm³/mol. The number of hydrogen-bond donors (Lipinski definition) is 1. The van der Waals surface area contributed by atoms with E-state index in [-0.39, 0.29) is 6.54 Å². The average molecular weight is 249 g/mol. The van der Waals surface area contributed by atoms with E-state index >= 15 is 0 Å². The Labute approximate surface area is 109 Å². The molecule has 1 rings (SSSR count). The third-order valence-electron chi connectivity index (χ3n) is 2.90. The van der Waals surface area contributed by atoms with Gasteiger partial charge in [0, 0.05) is 6.54 Å². The van der Waals surface area contributed by atoms with E-state index in [1.165, 1.54) is 5.56 Å². The van der Waals surface area contributed by atoms with Crippen LogP contribution in [0.1, 0.15) is 25.8 Å². The minimum absolute atomic E-state index is 0.146. The molecule has 0 aliphatic rings. The van der Waals surface area contributed by atoms with Crippen molar-refractivity contribution in [2.45, 2.75) is 26.7 Å². The first-order valence-electron chi connectivity index (χ1n) is 6.60. The van der Waals surface area contributed by atoms with E-state index in [0.717, 1.165) is 25.9 Å². The Hall–Kier alpha value is -1.35. The van der Waals surface area contributed by atoms with Crippen LogP contribution in [0, 0.1) is 5.92 Å². The smallest absolute Gasteiger partial charge is 0.317 e. The van der Waals surface area contributed by atoms with Crippen LogP contribution in [0.4, 0.5) is 0 Å². The summed E-state index contributed by atoms with van der Waals surface area (Å²) < 4.78 is 0. The summed E-state index contributed by atoms with van der Waals surface area (Å²) in [4.78, 5) is 12.8. The second kappa shape index (κ2) is 7.88. The van der Waals surface area contributed by atoms with Crippen molar-refractivity contribution >= 4 is 5.97 Å². The minimum Gasteiger partial charge on any atom is -0.480 e. The molecule has 0 bridgehead atoms. The molecular formula is C15H23NO2. The highest BCUT2D eigenvalue weighted by atomic mass is 16.4. The summed E-state index contributed by atoms with van der Waals surface area (Å²) in [5, 5.41) is 8.87.